The molecule has 0 spiro atoms. The molecule has 0 heterocycles. The Hall–Kier alpha value is -1.43. The summed E-state index contributed by atoms with van der Waals surface area (Å²) in [5, 5.41) is 3.43. The van der Waals surface area contributed by atoms with Crippen molar-refractivity contribution in [1.82, 2.24) is 5.32 Å². The molecule has 0 fully saturated rings. The third kappa shape index (κ3) is 5.58. The zero-order valence-electron chi connectivity index (χ0n) is 14.1. The lowest BCUT2D eigenvalue weighted by Gasteiger charge is -2.14. The van der Waals surface area contributed by atoms with Crippen LogP contribution in [-0.2, 0) is 13.1 Å². The normalized spacial score (nSPS) is 10.0. The molecule has 2 aromatic rings. The molecule has 0 unspecified atom stereocenters. The van der Waals surface area contributed by atoms with E-state index >= 15 is 0 Å². The molecule has 4 nitrogen and oxygen atoms in total. The Kier molecular flexibility index (Phi) is 8.97. The summed E-state index contributed by atoms with van der Waals surface area (Å²) in [5.74, 6) is 2.35. The number of ether oxygens (including phenoxy) is 3. The van der Waals surface area contributed by atoms with Crippen molar-refractivity contribution in [3.05, 3.63) is 52.0 Å². The summed E-state index contributed by atoms with van der Waals surface area (Å²) in [4.78, 5) is 0. The van der Waals surface area contributed by atoms with Crippen molar-refractivity contribution in [2.24, 2.45) is 0 Å². The Balaban J connectivity index is 0.00000288. The molecule has 0 aromatic heterocycles. The van der Waals surface area contributed by atoms with Crippen molar-refractivity contribution in [2.45, 2.75) is 20.0 Å². The average Bonchev–Trinajstić information content (AvgIpc) is 2.56. The minimum atomic E-state index is 0. The second kappa shape index (κ2) is 10.4. The number of benzene rings is 2. The first-order chi connectivity index (χ1) is 11.2. The highest BCUT2D eigenvalue weighted by atomic mass is 79.9. The smallest absolute Gasteiger partial charge is 0.174 e. The van der Waals surface area contributed by atoms with E-state index in [4.69, 9.17) is 14.2 Å². The van der Waals surface area contributed by atoms with Crippen molar-refractivity contribution in [2.75, 3.05) is 20.8 Å². The van der Waals surface area contributed by atoms with Crippen LogP contribution >= 0.6 is 28.3 Å². The van der Waals surface area contributed by atoms with Gasteiger partial charge >= 0.3 is 0 Å². The van der Waals surface area contributed by atoms with Crippen LogP contribution < -0.4 is 19.5 Å². The minimum Gasteiger partial charge on any atom is -0.497 e. The van der Waals surface area contributed by atoms with Crippen LogP contribution in [0, 0.1) is 0 Å². The molecule has 0 aliphatic carbocycles. The molecule has 0 saturated heterocycles. The van der Waals surface area contributed by atoms with E-state index in [2.05, 4.69) is 33.4 Å². The monoisotopic (exact) mass is 415 g/mol. The molecule has 0 bridgehead atoms. The number of halogens is 2. The fourth-order valence-electron chi connectivity index (χ4n) is 2.28. The Morgan fingerprint density at radius 3 is 2.21 bits per heavy atom. The van der Waals surface area contributed by atoms with E-state index < -0.39 is 0 Å². The van der Waals surface area contributed by atoms with Crippen molar-refractivity contribution >= 4 is 28.3 Å². The summed E-state index contributed by atoms with van der Waals surface area (Å²) in [6.07, 6.45) is 0. The van der Waals surface area contributed by atoms with Gasteiger partial charge in [0.1, 0.15) is 5.75 Å². The SMILES string of the molecule is CCOc1cc(CNCc2ccc(OC)cc2)cc(Br)c1OC.Cl. The molecule has 0 aliphatic heterocycles. The van der Waals surface area contributed by atoms with E-state index in [1.165, 1.54) is 5.56 Å². The molecule has 0 radical (unpaired) electrons. The summed E-state index contributed by atoms with van der Waals surface area (Å²) >= 11 is 3.53. The fraction of sp³-hybridized carbons (Fsp3) is 0.333. The lowest BCUT2D eigenvalue weighted by Crippen LogP contribution is -2.13. The molecule has 0 aliphatic rings. The zero-order valence-corrected chi connectivity index (χ0v) is 16.5. The van der Waals surface area contributed by atoms with E-state index in [0.717, 1.165) is 40.4 Å². The number of methoxy groups -OCH3 is 2. The maximum absolute atomic E-state index is 5.64. The predicted molar refractivity (Wildman–Crippen MR) is 103 cm³/mol. The van der Waals surface area contributed by atoms with E-state index in [0.29, 0.717) is 6.61 Å². The standard InChI is InChI=1S/C18H22BrNO3.ClH/c1-4-23-17-10-14(9-16(19)18(17)22-3)12-20-11-13-5-7-15(21-2)8-6-13;/h5-10,20H,4,11-12H2,1-3H3;1H. The number of hydrogen-bond donors (Lipinski definition) is 1. The lowest BCUT2D eigenvalue weighted by atomic mass is 10.2. The summed E-state index contributed by atoms with van der Waals surface area (Å²) in [6.45, 7) is 4.10. The first-order valence-electron chi connectivity index (χ1n) is 7.50. The largest absolute Gasteiger partial charge is 0.497 e. The second-order valence-electron chi connectivity index (χ2n) is 4.99. The first kappa shape index (κ1) is 20.6. The molecule has 24 heavy (non-hydrogen) atoms. The summed E-state index contributed by atoms with van der Waals surface area (Å²) in [5.41, 5.74) is 2.35. The maximum Gasteiger partial charge on any atom is 0.174 e. The first-order valence-corrected chi connectivity index (χ1v) is 8.30. The molecule has 0 saturated carbocycles. The highest BCUT2D eigenvalue weighted by Crippen LogP contribution is 2.36. The van der Waals surface area contributed by atoms with Gasteiger partial charge < -0.3 is 19.5 Å². The molecule has 132 valence electrons. The topological polar surface area (TPSA) is 39.7 Å². The van der Waals surface area contributed by atoms with Crippen LogP contribution in [0.1, 0.15) is 18.1 Å². The summed E-state index contributed by atoms with van der Waals surface area (Å²) in [7, 11) is 3.31. The van der Waals surface area contributed by atoms with Crippen LogP contribution in [0.15, 0.2) is 40.9 Å². The van der Waals surface area contributed by atoms with Gasteiger partial charge in [-0.15, -0.1) is 12.4 Å². The molecule has 1 N–H and O–H groups in total. The van der Waals surface area contributed by atoms with Gasteiger partial charge in [-0.2, -0.15) is 0 Å². The van der Waals surface area contributed by atoms with Gasteiger partial charge in [0.2, 0.25) is 0 Å². The van der Waals surface area contributed by atoms with Gasteiger partial charge in [-0.1, -0.05) is 12.1 Å². The lowest BCUT2D eigenvalue weighted by molar-refractivity contribution is 0.309. The van der Waals surface area contributed by atoms with Gasteiger partial charge in [0.15, 0.2) is 11.5 Å². The molecular weight excluding hydrogens is 394 g/mol. The highest BCUT2D eigenvalue weighted by Gasteiger charge is 2.11. The van der Waals surface area contributed by atoms with Gasteiger partial charge in [0.25, 0.3) is 0 Å². The Bertz CT molecular complexity index is 635. The fourth-order valence-corrected chi connectivity index (χ4v) is 2.93. The second-order valence-corrected chi connectivity index (χ2v) is 5.85. The van der Waals surface area contributed by atoms with Gasteiger partial charge in [0.05, 0.1) is 25.3 Å². The van der Waals surface area contributed by atoms with Gasteiger partial charge in [-0.25, -0.2) is 0 Å². The minimum absolute atomic E-state index is 0. The molecule has 0 amide bonds. The highest BCUT2D eigenvalue weighted by molar-refractivity contribution is 9.10. The van der Waals surface area contributed by atoms with Crippen LogP contribution in [0.2, 0.25) is 0 Å². The van der Waals surface area contributed by atoms with E-state index in [-0.39, 0.29) is 12.4 Å². The van der Waals surface area contributed by atoms with E-state index in [1.54, 1.807) is 14.2 Å². The number of rotatable bonds is 8. The summed E-state index contributed by atoms with van der Waals surface area (Å²) in [6, 6.07) is 12.1. The molecule has 0 atom stereocenters. The van der Waals surface area contributed by atoms with Gasteiger partial charge in [-0.05, 0) is 58.2 Å². The third-order valence-electron chi connectivity index (χ3n) is 3.39. The van der Waals surface area contributed by atoms with Crippen LogP contribution in [0.4, 0.5) is 0 Å². The predicted octanol–water partition coefficient (Wildman–Crippen LogP) is 4.58. The maximum atomic E-state index is 5.64. The number of nitrogens with one attached hydrogen (secondary N) is 1. The Labute approximate surface area is 158 Å². The quantitative estimate of drug-likeness (QED) is 0.684. The molecule has 6 heteroatoms. The van der Waals surface area contributed by atoms with Crippen LogP contribution in [0.25, 0.3) is 0 Å². The van der Waals surface area contributed by atoms with Crippen LogP contribution in [0.3, 0.4) is 0 Å². The zero-order chi connectivity index (χ0) is 16.7. The Morgan fingerprint density at radius 1 is 0.958 bits per heavy atom. The molecule has 2 aromatic carbocycles. The van der Waals surface area contributed by atoms with Crippen molar-refractivity contribution in [1.29, 1.82) is 0 Å². The molecular formula is C18H23BrClNO3. The average molecular weight is 417 g/mol. The van der Waals surface area contributed by atoms with Crippen molar-refractivity contribution in [3.8, 4) is 17.2 Å². The van der Waals surface area contributed by atoms with Gasteiger partial charge in [0, 0.05) is 13.1 Å². The molecule has 2 rings (SSSR count). The van der Waals surface area contributed by atoms with Crippen molar-refractivity contribution in [3.63, 3.8) is 0 Å². The van der Waals surface area contributed by atoms with Crippen LogP contribution in [-0.4, -0.2) is 20.8 Å². The van der Waals surface area contributed by atoms with Crippen LogP contribution in [0.5, 0.6) is 17.2 Å². The Morgan fingerprint density at radius 2 is 1.62 bits per heavy atom. The van der Waals surface area contributed by atoms with E-state index in [1.807, 2.05) is 31.2 Å². The number of hydrogen-bond acceptors (Lipinski definition) is 4. The van der Waals surface area contributed by atoms with E-state index in [9.17, 15) is 0 Å². The third-order valence-corrected chi connectivity index (χ3v) is 3.98. The summed E-state index contributed by atoms with van der Waals surface area (Å²) < 4.78 is 17.1. The van der Waals surface area contributed by atoms with Crippen molar-refractivity contribution < 1.29 is 14.2 Å². The van der Waals surface area contributed by atoms with Gasteiger partial charge in [-0.3, -0.25) is 0 Å².